The van der Waals surface area contributed by atoms with Gasteiger partial charge in [-0.2, -0.15) is 0 Å². The van der Waals surface area contributed by atoms with Gasteiger partial charge < -0.3 is 5.11 Å². The fraction of sp³-hybridized carbons (Fsp3) is 0.278. The molecule has 2 nitrogen and oxygen atoms in total. The van der Waals surface area contributed by atoms with Crippen LogP contribution < -0.4 is 0 Å². The molecule has 0 spiro atoms. The minimum absolute atomic E-state index is 0.334. The minimum atomic E-state index is -0.883. The lowest BCUT2D eigenvalue weighted by molar-refractivity contribution is 0.0697. The number of aromatic carboxylic acids is 1. The number of carboxylic acids is 1. The summed E-state index contributed by atoms with van der Waals surface area (Å²) in [5, 5.41) is 9.71. The van der Waals surface area contributed by atoms with Crippen molar-refractivity contribution in [3.63, 3.8) is 0 Å². The van der Waals surface area contributed by atoms with Crippen molar-refractivity contribution in [2.45, 2.75) is 32.1 Å². The van der Waals surface area contributed by atoms with Crippen LogP contribution in [0.2, 0.25) is 5.02 Å². The van der Waals surface area contributed by atoms with Crippen LogP contribution in [0.25, 0.3) is 0 Å². The van der Waals surface area contributed by atoms with E-state index < -0.39 is 5.97 Å². The molecule has 1 atom stereocenters. The molecule has 0 aliphatic rings. The normalized spacial score (nSPS) is 12.1. The molecule has 0 bridgehead atoms. The summed E-state index contributed by atoms with van der Waals surface area (Å²) in [5.41, 5.74) is 2.78. The molecule has 0 unspecified atom stereocenters. The lowest BCUT2D eigenvalue weighted by atomic mass is 9.88. The lowest BCUT2D eigenvalue weighted by Gasteiger charge is -2.17. The SMILES string of the molecule is CCC[C@@H](Cc1ccc(Cl)cc1)c1ccc(C(=O)O)cc1. The summed E-state index contributed by atoms with van der Waals surface area (Å²) in [5.74, 6) is -0.481. The molecular weight excluding hydrogens is 284 g/mol. The highest BCUT2D eigenvalue weighted by Gasteiger charge is 2.12. The van der Waals surface area contributed by atoms with Gasteiger partial charge in [-0.1, -0.05) is 49.2 Å². The van der Waals surface area contributed by atoms with Gasteiger partial charge >= 0.3 is 5.97 Å². The summed E-state index contributed by atoms with van der Waals surface area (Å²) < 4.78 is 0. The Balaban J connectivity index is 2.17. The Morgan fingerprint density at radius 3 is 2.24 bits per heavy atom. The predicted molar refractivity (Wildman–Crippen MR) is 86.2 cm³/mol. The fourth-order valence-corrected chi connectivity index (χ4v) is 2.66. The number of carboxylic acid groups (broad SMARTS) is 1. The van der Waals surface area contributed by atoms with Gasteiger partial charge in [-0.3, -0.25) is 0 Å². The third-order valence-electron chi connectivity index (χ3n) is 3.66. The molecule has 0 aromatic heterocycles. The van der Waals surface area contributed by atoms with Gasteiger partial charge in [-0.25, -0.2) is 4.79 Å². The van der Waals surface area contributed by atoms with Crippen LogP contribution in [0.5, 0.6) is 0 Å². The zero-order chi connectivity index (χ0) is 15.2. The first-order valence-corrected chi connectivity index (χ1v) is 7.55. The first-order valence-electron chi connectivity index (χ1n) is 7.18. The highest BCUT2D eigenvalue weighted by molar-refractivity contribution is 6.30. The highest BCUT2D eigenvalue weighted by atomic mass is 35.5. The van der Waals surface area contributed by atoms with E-state index in [9.17, 15) is 4.79 Å². The Hall–Kier alpha value is -1.80. The molecule has 0 fully saturated rings. The van der Waals surface area contributed by atoms with Crippen molar-refractivity contribution in [1.82, 2.24) is 0 Å². The van der Waals surface area contributed by atoms with Crippen molar-refractivity contribution >= 4 is 17.6 Å². The van der Waals surface area contributed by atoms with Gasteiger partial charge in [0, 0.05) is 5.02 Å². The lowest BCUT2D eigenvalue weighted by Crippen LogP contribution is -2.04. The molecule has 2 aromatic carbocycles. The van der Waals surface area contributed by atoms with E-state index in [4.69, 9.17) is 16.7 Å². The van der Waals surface area contributed by atoms with Gasteiger partial charge in [0.05, 0.1) is 5.56 Å². The third kappa shape index (κ3) is 4.33. The molecule has 0 saturated heterocycles. The summed E-state index contributed by atoms with van der Waals surface area (Å²) >= 11 is 5.92. The number of carbonyl (C=O) groups is 1. The molecule has 0 radical (unpaired) electrons. The van der Waals surface area contributed by atoms with Crippen molar-refractivity contribution in [1.29, 1.82) is 0 Å². The molecular formula is C18H19ClO2. The minimum Gasteiger partial charge on any atom is -0.478 e. The zero-order valence-corrected chi connectivity index (χ0v) is 12.8. The van der Waals surface area contributed by atoms with Crippen molar-refractivity contribution in [2.75, 3.05) is 0 Å². The summed E-state index contributed by atoms with van der Waals surface area (Å²) in [6.07, 6.45) is 3.12. The topological polar surface area (TPSA) is 37.3 Å². The van der Waals surface area contributed by atoms with Crippen molar-refractivity contribution in [2.24, 2.45) is 0 Å². The van der Waals surface area contributed by atoms with Crippen LogP contribution in [-0.4, -0.2) is 11.1 Å². The average Bonchev–Trinajstić information content (AvgIpc) is 2.49. The van der Waals surface area contributed by atoms with Crippen LogP contribution >= 0.6 is 11.6 Å². The first kappa shape index (κ1) is 15.6. The van der Waals surface area contributed by atoms with E-state index in [2.05, 4.69) is 19.1 Å². The van der Waals surface area contributed by atoms with E-state index in [1.807, 2.05) is 24.3 Å². The van der Waals surface area contributed by atoms with Crippen molar-refractivity contribution in [3.8, 4) is 0 Å². The monoisotopic (exact) mass is 302 g/mol. The van der Waals surface area contributed by atoms with Crippen molar-refractivity contribution < 1.29 is 9.90 Å². The second kappa shape index (κ2) is 7.28. The van der Waals surface area contributed by atoms with E-state index in [1.54, 1.807) is 12.1 Å². The molecule has 0 saturated carbocycles. The molecule has 0 aliphatic carbocycles. The standard InChI is InChI=1S/C18H19ClO2/c1-2-3-16(12-13-4-10-17(19)11-5-13)14-6-8-15(9-7-14)18(20)21/h4-11,16H,2-3,12H2,1H3,(H,20,21)/t16-/m0/s1. The van der Waals surface area contributed by atoms with E-state index in [-0.39, 0.29) is 0 Å². The van der Waals surface area contributed by atoms with Crippen LogP contribution in [0.1, 0.15) is 47.2 Å². The highest BCUT2D eigenvalue weighted by Crippen LogP contribution is 2.26. The average molecular weight is 303 g/mol. The van der Waals surface area contributed by atoms with Crippen LogP contribution in [0.4, 0.5) is 0 Å². The first-order chi connectivity index (χ1) is 10.1. The number of rotatable bonds is 6. The van der Waals surface area contributed by atoms with Crippen molar-refractivity contribution in [3.05, 3.63) is 70.2 Å². The molecule has 0 heterocycles. The van der Waals surface area contributed by atoms with Crippen LogP contribution in [0.15, 0.2) is 48.5 Å². The maximum Gasteiger partial charge on any atom is 0.335 e. The Bertz CT molecular complexity index is 588. The Kier molecular flexibility index (Phi) is 5.40. The second-order valence-corrected chi connectivity index (χ2v) is 5.68. The largest absolute Gasteiger partial charge is 0.478 e. The van der Waals surface area contributed by atoms with Crippen LogP contribution in [0, 0.1) is 0 Å². The molecule has 21 heavy (non-hydrogen) atoms. The summed E-state index contributed by atoms with van der Waals surface area (Å²) in [4.78, 5) is 10.9. The molecule has 0 amide bonds. The second-order valence-electron chi connectivity index (χ2n) is 5.24. The van der Waals surface area contributed by atoms with Gasteiger partial charge in [0.2, 0.25) is 0 Å². The van der Waals surface area contributed by atoms with E-state index in [0.717, 1.165) is 24.3 Å². The fourth-order valence-electron chi connectivity index (χ4n) is 2.54. The quantitative estimate of drug-likeness (QED) is 0.799. The van der Waals surface area contributed by atoms with E-state index >= 15 is 0 Å². The van der Waals surface area contributed by atoms with Crippen LogP contribution in [-0.2, 0) is 6.42 Å². The van der Waals surface area contributed by atoms with E-state index in [0.29, 0.717) is 11.5 Å². The summed E-state index contributed by atoms with van der Waals surface area (Å²) in [6, 6.07) is 15.2. The van der Waals surface area contributed by atoms with Crippen LogP contribution in [0.3, 0.4) is 0 Å². The summed E-state index contributed by atoms with van der Waals surface area (Å²) in [7, 11) is 0. The molecule has 2 aromatic rings. The summed E-state index contributed by atoms with van der Waals surface area (Å²) in [6.45, 7) is 2.17. The van der Waals surface area contributed by atoms with E-state index in [1.165, 1.54) is 11.1 Å². The molecule has 1 N–H and O–H groups in total. The Morgan fingerprint density at radius 2 is 1.71 bits per heavy atom. The molecule has 3 heteroatoms. The van der Waals surface area contributed by atoms with Gasteiger partial charge in [-0.15, -0.1) is 0 Å². The smallest absolute Gasteiger partial charge is 0.335 e. The van der Waals surface area contributed by atoms with Gasteiger partial charge in [0.25, 0.3) is 0 Å². The van der Waals surface area contributed by atoms with Gasteiger partial charge in [0.15, 0.2) is 0 Å². The maximum atomic E-state index is 10.9. The van der Waals surface area contributed by atoms with Gasteiger partial charge in [-0.05, 0) is 54.2 Å². The number of halogens is 1. The Labute approximate surface area is 130 Å². The Morgan fingerprint density at radius 1 is 1.10 bits per heavy atom. The number of benzene rings is 2. The third-order valence-corrected chi connectivity index (χ3v) is 3.91. The van der Waals surface area contributed by atoms with Gasteiger partial charge in [0.1, 0.15) is 0 Å². The zero-order valence-electron chi connectivity index (χ0n) is 12.1. The molecule has 2 rings (SSSR count). The molecule has 0 aliphatic heterocycles. The number of hydrogen-bond donors (Lipinski definition) is 1. The molecule has 110 valence electrons. The predicted octanol–water partition coefficient (Wildman–Crippen LogP) is 5.16. The number of hydrogen-bond acceptors (Lipinski definition) is 1. The maximum absolute atomic E-state index is 10.9.